The van der Waals surface area contributed by atoms with Crippen molar-refractivity contribution in [2.24, 2.45) is 0 Å². The molecule has 1 aliphatic heterocycles. The highest BCUT2D eigenvalue weighted by Crippen LogP contribution is 2.26. The molecule has 0 bridgehead atoms. The third-order valence-electron chi connectivity index (χ3n) is 5.49. The lowest BCUT2D eigenvalue weighted by Gasteiger charge is -2.33. The van der Waals surface area contributed by atoms with Crippen LogP contribution in [0.3, 0.4) is 0 Å². The zero-order valence-electron chi connectivity index (χ0n) is 15.3. The predicted molar refractivity (Wildman–Crippen MR) is 106 cm³/mol. The number of piperidine rings is 1. The van der Waals surface area contributed by atoms with Crippen LogP contribution in [-0.2, 0) is 6.54 Å². The van der Waals surface area contributed by atoms with E-state index in [1.165, 1.54) is 18.4 Å². The van der Waals surface area contributed by atoms with Gasteiger partial charge in [-0.05, 0) is 49.4 Å². The number of hydrogen-bond donors (Lipinski definition) is 0. The van der Waals surface area contributed by atoms with Gasteiger partial charge < -0.3 is 4.90 Å². The fourth-order valence-corrected chi connectivity index (χ4v) is 4.00. The molecule has 4 rings (SSSR count). The maximum atomic E-state index is 12.7. The highest BCUT2D eigenvalue weighted by molar-refractivity contribution is 5.80. The second-order valence-corrected chi connectivity index (χ2v) is 7.26. The summed E-state index contributed by atoms with van der Waals surface area (Å²) in [6.45, 7) is 5.76. The van der Waals surface area contributed by atoms with Crippen LogP contribution in [0.25, 0.3) is 10.9 Å². The Labute approximate surface area is 154 Å². The summed E-state index contributed by atoms with van der Waals surface area (Å²) >= 11 is 0. The van der Waals surface area contributed by atoms with E-state index in [4.69, 9.17) is 0 Å². The van der Waals surface area contributed by atoms with Crippen molar-refractivity contribution < 1.29 is 0 Å². The van der Waals surface area contributed by atoms with Gasteiger partial charge >= 0.3 is 0 Å². The molecule has 134 valence electrons. The van der Waals surface area contributed by atoms with E-state index in [0.29, 0.717) is 17.8 Å². The first kappa shape index (κ1) is 17.0. The maximum Gasteiger partial charge on any atom is 0.261 e. The Kier molecular flexibility index (Phi) is 4.85. The van der Waals surface area contributed by atoms with Crippen molar-refractivity contribution in [3.05, 3.63) is 76.3 Å². The number of para-hydroxylation sites is 1. The van der Waals surface area contributed by atoms with Gasteiger partial charge in [0, 0.05) is 19.6 Å². The molecule has 3 aromatic rings. The normalized spacial score (nSPS) is 18.3. The molecule has 0 saturated carbocycles. The zero-order chi connectivity index (χ0) is 17.9. The van der Waals surface area contributed by atoms with Crippen LogP contribution in [0.1, 0.15) is 29.9 Å². The number of nitrogens with zero attached hydrogens (tertiary/aromatic N) is 3. The monoisotopic (exact) mass is 347 g/mol. The molecule has 2 aromatic carbocycles. The molecule has 1 fully saturated rings. The predicted octanol–water partition coefficient (Wildman–Crippen LogP) is 3.58. The van der Waals surface area contributed by atoms with Crippen LogP contribution in [0.5, 0.6) is 0 Å². The Morgan fingerprint density at radius 3 is 2.77 bits per heavy atom. The fourth-order valence-electron chi connectivity index (χ4n) is 4.00. The number of fused-ring (bicyclic) bond motifs is 1. The third-order valence-corrected chi connectivity index (χ3v) is 5.49. The SMILES string of the molecule is Cc1cccc2c(=O)n(CCN3CCC[C@@H](c4ccccc4)C3)cnc12. The Morgan fingerprint density at radius 1 is 1.08 bits per heavy atom. The number of aromatic nitrogens is 2. The van der Waals surface area contributed by atoms with Gasteiger partial charge in [-0.1, -0.05) is 42.5 Å². The molecule has 0 amide bonds. The summed E-state index contributed by atoms with van der Waals surface area (Å²) in [5.41, 5.74) is 3.36. The van der Waals surface area contributed by atoms with Gasteiger partial charge in [-0.15, -0.1) is 0 Å². The standard InChI is InChI=1S/C22H25N3O/c1-17-7-5-11-20-21(17)23-16-25(22(20)26)14-13-24-12-6-10-19(15-24)18-8-3-2-4-9-18/h2-5,7-9,11,16,19H,6,10,12-15H2,1H3/t19-/m1/s1. The van der Waals surface area contributed by atoms with E-state index >= 15 is 0 Å². The van der Waals surface area contributed by atoms with Gasteiger partial charge in [0.2, 0.25) is 0 Å². The number of likely N-dealkylation sites (tertiary alicyclic amines) is 1. The third kappa shape index (κ3) is 3.42. The van der Waals surface area contributed by atoms with Crippen molar-refractivity contribution in [1.82, 2.24) is 14.5 Å². The molecule has 0 radical (unpaired) electrons. The maximum absolute atomic E-state index is 12.7. The van der Waals surface area contributed by atoms with Crippen molar-refractivity contribution in [3.8, 4) is 0 Å². The Morgan fingerprint density at radius 2 is 1.92 bits per heavy atom. The molecule has 1 aromatic heterocycles. The van der Waals surface area contributed by atoms with Gasteiger partial charge in [0.1, 0.15) is 0 Å². The van der Waals surface area contributed by atoms with Crippen LogP contribution in [-0.4, -0.2) is 34.1 Å². The minimum atomic E-state index is 0.0651. The second kappa shape index (κ2) is 7.42. The summed E-state index contributed by atoms with van der Waals surface area (Å²) in [5.74, 6) is 0.596. The Hall–Kier alpha value is -2.46. The number of rotatable bonds is 4. The lowest BCUT2D eigenvalue weighted by Crippen LogP contribution is -2.37. The van der Waals surface area contributed by atoms with Crippen LogP contribution in [0.2, 0.25) is 0 Å². The van der Waals surface area contributed by atoms with E-state index in [1.54, 1.807) is 10.9 Å². The minimum Gasteiger partial charge on any atom is -0.301 e. The first-order valence-corrected chi connectivity index (χ1v) is 9.44. The van der Waals surface area contributed by atoms with E-state index < -0.39 is 0 Å². The van der Waals surface area contributed by atoms with Gasteiger partial charge in [-0.3, -0.25) is 9.36 Å². The fraction of sp³-hybridized carbons (Fsp3) is 0.364. The zero-order valence-corrected chi connectivity index (χ0v) is 15.3. The molecule has 26 heavy (non-hydrogen) atoms. The molecular weight excluding hydrogens is 322 g/mol. The van der Waals surface area contributed by atoms with E-state index in [9.17, 15) is 4.79 Å². The molecule has 0 spiro atoms. The van der Waals surface area contributed by atoms with Crippen molar-refractivity contribution in [1.29, 1.82) is 0 Å². The van der Waals surface area contributed by atoms with Crippen LogP contribution >= 0.6 is 0 Å². The van der Waals surface area contributed by atoms with Gasteiger partial charge in [-0.2, -0.15) is 0 Å². The summed E-state index contributed by atoms with van der Waals surface area (Å²) < 4.78 is 1.76. The molecule has 0 unspecified atom stereocenters. The topological polar surface area (TPSA) is 38.1 Å². The van der Waals surface area contributed by atoms with Crippen LogP contribution in [0.15, 0.2) is 59.7 Å². The van der Waals surface area contributed by atoms with Gasteiger partial charge in [0.05, 0.1) is 17.2 Å². The number of benzene rings is 2. The lowest BCUT2D eigenvalue weighted by atomic mass is 9.91. The molecule has 0 N–H and O–H groups in total. The summed E-state index contributed by atoms with van der Waals surface area (Å²) in [5, 5.41) is 0.716. The first-order valence-electron chi connectivity index (χ1n) is 9.44. The molecular formula is C22H25N3O. The summed E-state index contributed by atoms with van der Waals surface area (Å²) in [7, 11) is 0. The molecule has 0 aliphatic carbocycles. The first-order chi connectivity index (χ1) is 12.7. The van der Waals surface area contributed by atoms with E-state index in [1.807, 2.05) is 25.1 Å². The van der Waals surface area contributed by atoms with Crippen LogP contribution in [0.4, 0.5) is 0 Å². The van der Waals surface area contributed by atoms with E-state index in [-0.39, 0.29) is 5.56 Å². The van der Waals surface area contributed by atoms with Crippen LogP contribution < -0.4 is 5.56 Å². The average Bonchev–Trinajstić information content (AvgIpc) is 2.69. The summed E-state index contributed by atoms with van der Waals surface area (Å²) in [6, 6.07) is 16.6. The van der Waals surface area contributed by atoms with Crippen LogP contribution in [0, 0.1) is 6.92 Å². The number of aryl methyl sites for hydroxylation is 1. The number of hydrogen-bond acceptors (Lipinski definition) is 3. The van der Waals surface area contributed by atoms with Crippen molar-refractivity contribution in [3.63, 3.8) is 0 Å². The molecule has 1 aliphatic rings. The molecule has 4 heteroatoms. The average molecular weight is 347 g/mol. The molecule has 1 saturated heterocycles. The van der Waals surface area contributed by atoms with Gasteiger partial charge in [0.15, 0.2) is 0 Å². The minimum absolute atomic E-state index is 0.0651. The Bertz CT molecular complexity index is 949. The Balaban J connectivity index is 1.46. The largest absolute Gasteiger partial charge is 0.301 e. The summed E-state index contributed by atoms with van der Waals surface area (Å²) in [6.07, 6.45) is 4.16. The van der Waals surface area contributed by atoms with Gasteiger partial charge in [-0.25, -0.2) is 4.98 Å². The lowest BCUT2D eigenvalue weighted by molar-refractivity contribution is 0.200. The molecule has 1 atom stereocenters. The van der Waals surface area contributed by atoms with Crippen molar-refractivity contribution in [2.45, 2.75) is 32.2 Å². The molecule has 4 nitrogen and oxygen atoms in total. The van der Waals surface area contributed by atoms with E-state index in [2.05, 4.69) is 40.2 Å². The van der Waals surface area contributed by atoms with Crippen molar-refractivity contribution in [2.75, 3.05) is 19.6 Å². The quantitative estimate of drug-likeness (QED) is 0.724. The highest BCUT2D eigenvalue weighted by atomic mass is 16.1. The second-order valence-electron chi connectivity index (χ2n) is 7.26. The smallest absolute Gasteiger partial charge is 0.261 e. The molecule has 2 heterocycles. The van der Waals surface area contributed by atoms with Crippen molar-refractivity contribution >= 4 is 10.9 Å². The highest BCUT2D eigenvalue weighted by Gasteiger charge is 2.21. The summed E-state index contributed by atoms with van der Waals surface area (Å²) in [4.78, 5) is 19.7. The van der Waals surface area contributed by atoms with E-state index in [0.717, 1.165) is 30.7 Å². The van der Waals surface area contributed by atoms with Gasteiger partial charge in [0.25, 0.3) is 5.56 Å².